The summed E-state index contributed by atoms with van der Waals surface area (Å²) in [4.78, 5) is 0. The predicted octanol–water partition coefficient (Wildman–Crippen LogP) is 11.0. The minimum absolute atomic E-state index is 0.0347. The van der Waals surface area contributed by atoms with E-state index in [9.17, 15) is 13.2 Å². The van der Waals surface area contributed by atoms with Crippen LogP contribution >= 0.6 is 0 Å². The second-order valence-electron chi connectivity index (χ2n) is 13.3. The smallest absolute Gasteiger partial charge is 0.171 e. The fourth-order valence-corrected chi connectivity index (χ4v) is 5.97. The molecule has 0 bridgehead atoms. The van der Waals surface area contributed by atoms with Crippen molar-refractivity contribution in [2.24, 2.45) is 5.41 Å². The van der Waals surface area contributed by atoms with E-state index in [1.54, 1.807) is 0 Å². The summed E-state index contributed by atoms with van der Waals surface area (Å²) in [5, 5.41) is 15.7. The highest BCUT2D eigenvalue weighted by atomic mass is 19.4. The molecule has 2 nitrogen and oxygen atoms in total. The molecule has 5 aromatic carbocycles. The number of aromatic nitrogens is 2. The summed E-state index contributed by atoms with van der Waals surface area (Å²) in [5.41, 5.74) is 4.89. The Morgan fingerprint density at radius 3 is 1.93 bits per heavy atom. The second-order valence-corrected chi connectivity index (χ2v) is 13.3. The lowest BCUT2D eigenvalue weighted by Gasteiger charge is -2.27. The van der Waals surface area contributed by atoms with Crippen LogP contribution in [0.15, 0.2) is 91.0 Å². The number of fused-ring (bicyclic) bond motifs is 4. The van der Waals surface area contributed by atoms with Crippen molar-refractivity contribution < 1.29 is 13.2 Å². The van der Waals surface area contributed by atoms with Gasteiger partial charge in [0.2, 0.25) is 0 Å². The predicted molar refractivity (Wildman–Crippen MR) is 172 cm³/mol. The van der Waals surface area contributed by atoms with Crippen LogP contribution in [0.3, 0.4) is 0 Å². The maximum atomic E-state index is 13.5. The van der Waals surface area contributed by atoms with Crippen LogP contribution in [0, 0.1) is 12.3 Å². The molecule has 6 aromatic rings. The molecule has 5 heteroatoms. The van der Waals surface area contributed by atoms with Gasteiger partial charge in [0, 0.05) is 11.1 Å². The molecule has 1 aromatic heterocycles. The van der Waals surface area contributed by atoms with Gasteiger partial charge >= 0.3 is 6.18 Å². The average molecular weight is 577 g/mol. The number of halogens is 3. The largest absolute Gasteiger partial charge is 0.394 e. The molecule has 0 radical (unpaired) electrons. The summed E-state index contributed by atoms with van der Waals surface area (Å²) in [6.07, 6.45) is -4.32. The van der Waals surface area contributed by atoms with Crippen LogP contribution in [0.5, 0.6) is 0 Å². The minimum Gasteiger partial charge on any atom is -0.171 e. The monoisotopic (exact) mass is 576 g/mol. The number of nitrogens with zero attached hydrogens (tertiary/aromatic N) is 2. The highest BCUT2D eigenvalue weighted by Gasteiger charge is 2.46. The summed E-state index contributed by atoms with van der Waals surface area (Å²) in [7, 11) is 0. The lowest BCUT2D eigenvalue weighted by molar-refractivity contribution is -0.211. The van der Waals surface area contributed by atoms with Crippen molar-refractivity contribution in [3.8, 4) is 22.4 Å². The summed E-state index contributed by atoms with van der Waals surface area (Å²) < 4.78 is 40.5. The first-order valence-corrected chi connectivity index (χ1v) is 14.6. The first-order chi connectivity index (χ1) is 20.2. The molecule has 0 amide bonds. The van der Waals surface area contributed by atoms with Crippen molar-refractivity contribution in [1.82, 2.24) is 10.2 Å². The SMILES string of the molecule is Cc1nnc(-c2cc(C(C)(C)C)c3ccccc3c2)cc1-c1ccc2c(ccc3cc(CC(C)(C)C(F)(F)F)ccc32)c1. The number of alkyl halides is 3. The Kier molecular flexibility index (Phi) is 6.83. The van der Waals surface area contributed by atoms with E-state index in [1.165, 1.54) is 30.2 Å². The molecule has 0 aliphatic heterocycles. The van der Waals surface area contributed by atoms with Crippen molar-refractivity contribution in [1.29, 1.82) is 0 Å². The van der Waals surface area contributed by atoms with E-state index in [0.717, 1.165) is 49.6 Å². The lowest BCUT2D eigenvalue weighted by Crippen LogP contribution is -2.34. The van der Waals surface area contributed by atoms with E-state index in [-0.39, 0.29) is 11.8 Å². The first-order valence-electron chi connectivity index (χ1n) is 14.6. The van der Waals surface area contributed by atoms with Gasteiger partial charge in [0.25, 0.3) is 0 Å². The second kappa shape index (κ2) is 10.2. The quantitative estimate of drug-likeness (QED) is 0.195. The van der Waals surface area contributed by atoms with Gasteiger partial charge in [-0.2, -0.15) is 23.4 Å². The van der Waals surface area contributed by atoms with Crippen LogP contribution < -0.4 is 0 Å². The van der Waals surface area contributed by atoms with Crippen LogP contribution in [0.4, 0.5) is 13.2 Å². The fraction of sp³-hybridized carbons (Fsp3) is 0.263. The highest BCUT2D eigenvalue weighted by Crippen LogP contribution is 2.41. The van der Waals surface area contributed by atoms with Gasteiger partial charge in [-0.15, -0.1) is 0 Å². The molecular formula is C38H35F3N2. The van der Waals surface area contributed by atoms with E-state index >= 15 is 0 Å². The molecule has 0 unspecified atom stereocenters. The Bertz CT molecular complexity index is 2010. The lowest BCUT2D eigenvalue weighted by atomic mass is 9.82. The molecule has 6 rings (SSSR count). The van der Waals surface area contributed by atoms with Gasteiger partial charge < -0.3 is 0 Å². The molecule has 43 heavy (non-hydrogen) atoms. The van der Waals surface area contributed by atoms with Crippen molar-refractivity contribution >= 4 is 32.3 Å². The zero-order valence-corrected chi connectivity index (χ0v) is 25.4. The van der Waals surface area contributed by atoms with Gasteiger partial charge in [-0.1, -0.05) is 101 Å². The van der Waals surface area contributed by atoms with Crippen molar-refractivity contribution in [3.63, 3.8) is 0 Å². The summed E-state index contributed by atoms with van der Waals surface area (Å²) in [6, 6.07) is 31.1. The maximum Gasteiger partial charge on any atom is 0.394 e. The van der Waals surface area contributed by atoms with E-state index in [0.29, 0.717) is 5.56 Å². The topological polar surface area (TPSA) is 25.8 Å². The zero-order chi connectivity index (χ0) is 30.7. The van der Waals surface area contributed by atoms with Gasteiger partial charge in [0.05, 0.1) is 16.8 Å². The Morgan fingerprint density at radius 1 is 0.605 bits per heavy atom. The van der Waals surface area contributed by atoms with Crippen LogP contribution in [-0.4, -0.2) is 16.4 Å². The van der Waals surface area contributed by atoms with Crippen LogP contribution in [0.2, 0.25) is 0 Å². The molecule has 0 fully saturated rings. The summed E-state index contributed by atoms with van der Waals surface area (Å²) >= 11 is 0. The van der Waals surface area contributed by atoms with Crippen LogP contribution in [0.1, 0.15) is 51.4 Å². The Hall–Kier alpha value is -4.25. The molecule has 218 valence electrons. The third-order valence-corrected chi connectivity index (χ3v) is 8.57. The first kappa shape index (κ1) is 28.9. The van der Waals surface area contributed by atoms with Gasteiger partial charge in [0.1, 0.15) is 0 Å². The Morgan fingerprint density at radius 2 is 1.23 bits per heavy atom. The number of hydrogen-bond donors (Lipinski definition) is 0. The normalized spacial score (nSPS) is 12.9. The van der Waals surface area contributed by atoms with E-state index in [4.69, 9.17) is 0 Å². The van der Waals surface area contributed by atoms with E-state index < -0.39 is 11.6 Å². The third-order valence-electron chi connectivity index (χ3n) is 8.57. The minimum atomic E-state index is -4.26. The third kappa shape index (κ3) is 5.37. The average Bonchev–Trinajstić information content (AvgIpc) is 2.95. The van der Waals surface area contributed by atoms with E-state index in [2.05, 4.69) is 91.6 Å². The fourth-order valence-electron chi connectivity index (χ4n) is 5.97. The molecule has 0 atom stereocenters. The van der Waals surface area contributed by atoms with Crippen molar-refractivity contribution in [2.75, 3.05) is 0 Å². The number of aryl methyl sites for hydroxylation is 1. The molecule has 0 saturated heterocycles. The Balaban J connectivity index is 1.40. The molecule has 0 N–H and O–H groups in total. The molecule has 0 aliphatic rings. The summed E-state index contributed by atoms with van der Waals surface area (Å²) in [5.74, 6) is 0. The van der Waals surface area contributed by atoms with Gasteiger partial charge in [0.15, 0.2) is 0 Å². The number of hydrogen-bond acceptors (Lipinski definition) is 2. The molecular weight excluding hydrogens is 541 g/mol. The zero-order valence-electron chi connectivity index (χ0n) is 25.4. The summed E-state index contributed by atoms with van der Waals surface area (Å²) in [6.45, 7) is 11.2. The number of benzene rings is 5. The molecule has 1 heterocycles. The van der Waals surface area contributed by atoms with Gasteiger partial charge in [-0.25, -0.2) is 0 Å². The molecule has 0 aliphatic carbocycles. The van der Waals surface area contributed by atoms with E-state index in [1.807, 2.05) is 37.3 Å². The van der Waals surface area contributed by atoms with Crippen molar-refractivity contribution in [2.45, 2.75) is 59.6 Å². The van der Waals surface area contributed by atoms with Crippen molar-refractivity contribution in [3.05, 3.63) is 108 Å². The molecule has 0 spiro atoms. The van der Waals surface area contributed by atoms with Crippen LogP contribution in [0.25, 0.3) is 54.7 Å². The van der Waals surface area contributed by atoms with Gasteiger partial charge in [-0.05, 0) is 92.0 Å². The molecule has 0 saturated carbocycles. The maximum absolute atomic E-state index is 13.5. The standard InChI is InChI=1S/C38H35F3N2/c1-23-33(21-35(43-42-23)29-19-25-9-7-8-10-32(25)34(20-29)36(2,3)4)28-14-16-31-27(18-28)13-12-26-17-24(11-15-30(26)31)22-37(5,6)38(39,40)41/h7-21H,22H2,1-6H3. The number of rotatable bonds is 4. The van der Waals surface area contributed by atoms with Gasteiger partial charge in [-0.3, -0.25) is 0 Å². The highest BCUT2D eigenvalue weighted by molar-refractivity contribution is 6.08. The van der Waals surface area contributed by atoms with Crippen LogP contribution in [-0.2, 0) is 11.8 Å². The Labute approximate surface area is 250 Å².